The van der Waals surface area contributed by atoms with Crippen LogP contribution in [0.1, 0.15) is 24.7 Å². The summed E-state index contributed by atoms with van der Waals surface area (Å²) >= 11 is 0. The number of rotatable bonds is 9. The number of benzene rings is 7. The number of aromatic nitrogens is 3. The molecule has 55 heavy (non-hydrogen) atoms. The van der Waals surface area contributed by atoms with Crippen molar-refractivity contribution in [3.8, 4) is 44.8 Å². The van der Waals surface area contributed by atoms with Crippen LogP contribution in [0.5, 0.6) is 0 Å². The average molecular weight is 706 g/mol. The van der Waals surface area contributed by atoms with Crippen LogP contribution in [0.15, 0.2) is 194 Å². The van der Waals surface area contributed by atoms with Crippen molar-refractivity contribution in [1.29, 1.82) is 0 Å². The minimum absolute atomic E-state index is 0.714. The van der Waals surface area contributed by atoms with Gasteiger partial charge >= 0.3 is 0 Å². The van der Waals surface area contributed by atoms with E-state index < -0.39 is 0 Å². The fraction of sp³-hybridized carbons (Fsp3) is 0.0577. The summed E-state index contributed by atoms with van der Waals surface area (Å²) in [5.41, 5.74) is 10.8. The average Bonchev–Trinajstić information content (AvgIpc) is 3.26. The number of hydrogen-bond donors (Lipinski definition) is 0. The molecule has 0 bridgehead atoms. The molecule has 0 N–H and O–H groups in total. The first-order chi connectivity index (χ1) is 27.2. The van der Waals surface area contributed by atoms with Crippen molar-refractivity contribution < 1.29 is 0 Å². The first-order valence-corrected chi connectivity index (χ1v) is 19.0. The van der Waals surface area contributed by atoms with Crippen LogP contribution in [0, 0.1) is 0 Å². The molecule has 9 aromatic rings. The molecule has 0 amide bonds. The summed E-state index contributed by atoms with van der Waals surface area (Å²) in [6.07, 6.45) is 12.2. The summed E-state index contributed by atoms with van der Waals surface area (Å²) in [6, 6.07) is 58.2. The Bertz CT molecular complexity index is 2850. The molecule has 0 aliphatic carbocycles. The summed E-state index contributed by atoms with van der Waals surface area (Å²) in [6.45, 7) is 2.16. The molecule has 0 spiro atoms. The van der Waals surface area contributed by atoms with E-state index in [1.165, 1.54) is 43.6 Å². The molecule has 0 atom stereocenters. The van der Waals surface area contributed by atoms with Gasteiger partial charge in [-0.25, -0.2) is 9.97 Å². The van der Waals surface area contributed by atoms with E-state index in [4.69, 9.17) is 9.97 Å². The van der Waals surface area contributed by atoms with Crippen LogP contribution < -0.4 is 0 Å². The normalized spacial score (nSPS) is 11.9. The topological polar surface area (TPSA) is 38.7 Å². The number of allylic oxidation sites excluding steroid dienone is 4. The molecule has 0 fully saturated rings. The molecule has 0 radical (unpaired) electrons. The van der Waals surface area contributed by atoms with Crippen LogP contribution in [0.4, 0.5) is 0 Å². The van der Waals surface area contributed by atoms with Gasteiger partial charge in [0.1, 0.15) is 0 Å². The SMILES string of the molecule is CC/C=C(\C=C/Cc1ccccc1)c1nc(-c2ccc(-c3cncc4ccccc34)cc2)cc(-c2ccc(-c3cc4ccccc4c4ccccc34)cc2)n1. The zero-order chi connectivity index (χ0) is 37.0. The van der Waals surface area contributed by atoms with Gasteiger partial charge in [0.15, 0.2) is 5.82 Å². The van der Waals surface area contributed by atoms with Gasteiger partial charge in [-0.3, -0.25) is 4.98 Å². The number of pyridine rings is 1. The fourth-order valence-corrected chi connectivity index (χ4v) is 7.54. The Morgan fingerprint density at radius 3 is 1.75 bits per heavy atom. The Labute approximate surface area is 322 Å². The van der Waals surface area contributed by atoms with E-state index in [0.717, 1.165) is 57.4 Å². The van der Waals surface area contributed by atoms with Crippen molar-refractivity contribution in [1.82, 2.24) is 15.0 Å². The molecule has 0 aliphatic rings. The summed E-state index contributed by atoms with van der Waals surface area (Å²) in [7, 11) is 0. The van der Waals surface area contributed by atoms with Crippen LogP contribution in [0.2, 0.25) is 0 Å². The lowest BCUT2D eigenvalue weighted by Gasteiger charge is -2.13. The van der Waals surface area contributed by atoms with E-state index in [1.54, 1.807) is 0 Å². The van der Waals surface area contributed by atoms with Crippen molar-refractivity contribution in [3.63, 3.8) is 0 Å². The van der Waals surface area contributed by atoms with Gasteiger partial charge in [0.05, 0.1) is 11.4 Å². The van der Waals surface area contributed by atoms with Crippen molar-refractivity contribution in [2.45, 2.75) is 19.8 Å². The predicted octanol–water partition coefficient (Wildman–Crippen LogP) is 13.6. The highest BCUT2D eigenvalue weighted by molar-refractivity contribution is 6.13. The quantitative estimate of drug-likeness (QED) is 0.111. The van der Waals surface area contributed by atoms with Crippen LogP contribution >= 0.6 is 0 Å². The lowest BCUT2D eigenvalue weighted by atomic mass is 9.92. The van der Waals surface area contributed by atoms with E-state index in [9.17, 15) is 0 Å². The molecule has 9 rings (SSSR count). The van der Waals surface area contributed by atoms with Gasteiger partial charge in [0, 0.05) is 40.0 Å². The Morgan fingerprint density at radius 2 is 1.05 bits per heavy atom. The molecule has 3 heteroatoms. The third-order valence-electron chi connectivity index (χ3n) is 10.3. The highest BCUT2D eigenvalue weighted by Gasteiger charge is 2.14. The minimum Gasteiger partial charge on any atom is -0.263 e. The van der Waals surface area contributed by atoms with Crippen LogP contribution in [0.25, 0.3) is 82.7 Å². The van der Waals surface area contributed by atoms with Crippen LogP contribution in [-0.4, -0.2) is 15.0 Å². The molecule has 2 aromatic heterocycles. The van der Waals surface area contributed by atoms with Gasteiger partial charge in [-0.15, -0.1) is 0 Å². The first kappa shape index (κ1) is 33.8. The second-order valence-electron chi connectivity index (χ2n) is 13.9. The van der Waals surface area contributed by atoms with Gasteiger partial charge in [0.25, 0.3) is 0 Å². The molecule has 0 unspecified atom stereocenters. The molecular formula is C52H39N3. The number of hydrogen-bond acceptors (Lipinski definition) is 3. The summed E-state index contributed by atoms with van der Waals surface area (Å²) in [5, 5.41) is 7.35. The summed E-state index contributed by atoms with van der Waals surface area (Å²) in [5.74, 6) is 0.714. The van der Waals surface area contributed by atoms with Crippen molar-refractivity contribution in [2.75, 3.05) is 0 Å². The number of fused-ring (bicyclic) bond motifs is 4. The van der Waals surface area contributed by atoms with Gasteiger partial charge in [-0.2, -0.15) is 0 Å². The zero-order valence-electron chi connectivity index (χ0n) is 30.7. The van der Waals surface area contributed by atoms with Crippen molar-refractivity contribution in [3.05, 3.63) is 206 Å². The van der Waals surface area contributed by atoms with Crippen molar-refractivity contribution in [2.24, 2.45) is 0 Å². The van der Waals surface area contributed by atoms with E-state index in [0.29, 0.717) is 5.82 Å². The third-order valence-corrected chi connectivity index (χ3v) is 10.3. The lowest BCUT2D eigenvalue weighted by molar-refractivity contribution is 1.12. The molecule has 262 valence electrons. The highest BCUT2D eigenvalue weighted by atomic mass is 14.9. The molecule has 2 heterocycles. The lowest BCUT2D eigenvalue weighted by Crippen LogP contribution is -1.99. The van der Waals surface area contributed by atoms with E-state index >= 15 is 0 Å². The minimum atomic E-state index is 0.714. The maximum atomic E-state index is 5.23. The fourth-order valence-electron chi connectivity index (χ4n) is 7.54. The molecule has 7 aromatic carbocycles. The highest BCUT2D eigenvalue weighted by Crippen LogP contribution is 2.36. The summed E-state index contributed by atoms with van der Waals surface area (Å²) < 4.78 is 0. The molecule has 3 nitrogen and oxygen atoms in total. The first-order valence-electron chi connectivity index (χ1n) is 19.0. The largest absolute Gasteiger partial charge is 0.263 e. The predicted molar refractivity (Wildman–Crippen MR) is 232 cm³/mol. The van der Waals surface area contributed by atoms with Gasteiger partial charge in [0.2, 0.25) is 0 Å². The van der Waals surface area contributed by atoms with Crippen LogP contribution in [0.3, 0.4) is 0 Å². The maximum Gasteiger partial charge on any atom is 0.160 e. The monoisotopic (exact) mass is 705 g/mol. The standard InChI is InChI=1S/C52H39N3/c1-2-13-41(19-12-16-36-14-4-3-5-15-36)52-54-50(33-51(55-52)40-30-26-38(27-31-40)49-35-53-34-43-18-7-9-21-45(43)49)39-28-24-37(25-29-39)48-32-42-17-6-8-20-44(42)46-22-10-11-23-47(46)48/h3-15,17-35H,2,16H2,1H3/b19-12-,41-13+. The smallest absolute Gasteiger partial charge is 0.160 e. The Hall–Kier alpha value is -6.97. The van der Waals surface area contributed by atoms with Gasteiger partial charge in [-0.05, 0) is 74.2 Å². The van der Waals surface area contributed by atoms with Crippen molar-refractivity contribution >= 4 is 37.9 Å². The molecular weight excluding hydrogens is 667 g/mol. The maximum absolute atomic E-state index is 5.23. The summed E-state index contributed by atoms with van der Waals surface area (Å²) in [4.78, 5) is 15.0. The van der Waals surface area contributed by atoms with E-state index in [1.807, 2.05) is 12.4 Å². The van der Waals surface area contributed by atoms with Gasteiger partial charge < -0.3 is 0 Å². The zero-order valence-corrected chi connectivity index (χ0v) is 30.7. The second-order valence-corrected chi connectivity index (χ2v) is 13.9. The van der Waals surface area contributed by atoms with Crippen LogP contribution in [-0.2, 0) is 6.42 Å². The van der Waals surface area contributed by atoms with E-state index in [-0.39, 0.29) is 0 Å². The Morgan fingerprint density at radius 1 is 0.491 bits per heavy atom. The number of nitrogens with zero attached hydrogens (tertiary/aromatic N) is 3. The molecule has 0 saturated carbocycles. The Kier molecular flexibility index (Phi) is 9.34. The third kappa shape index (κ3) is 6.96. The second kappa shape index (κ2) is 15.2. The Balaban J connectivity index is 1.12. The molecule has 0 aliphatic heterocycles. The van der Waals surface area contributed by atoms with Gasteiger partial charge in [-0.1, -0.05) is 177 Å². The van der Waals surface area contributed by atoms with E-state index in [2.05, 4.69) is 194 Å². The molecule has 0 saturated heterocycles.